The van der Waals surface area contributed by atoms with E-state index in [0.29, 0.717) is 6.54 Å². The summed E-state index contributed by atoms with van der Waals surface area (Å²) in [7, 11) is 0. The Kier molecular flexibility index (Phi) is 6.53. The van der Waals surface area contributed by atoms with Gasteiger partial charge in [0.15, 0.2) is 0 Å². The van der Waals surface area contributed by atoms with E-state index in [2.05, 4.69) is 41.4 Å². The maximum atomic E-state index is 12.6. The lowest BCUT2D eigenvalue weighted by Gasteiger charge is -2.24. The van der Waals surface area contributed by atoms with Gasteiger partial charge in [-0.3, -0.25) is 14.5 Å². The molecule has 0 aromatic heterocycles. The molecule has 5 nitrogen and oxygen atoms in total. The smallest absolute Gasteiger partial charge is 0.238 e. The summed E-state index contributed by atoms with van der Waals surface area (Å²) in [4.78, 5) is 26.8. The molecular weight excluding hydrogens is 358 g/mol. The average Bonchev–Trinajstić information content (AvgIpc) is 3.09. The van der Waals surface area contributed by atoms with E-state index in [0.717, 1.165) is 30.0 Å². The van der Waals surface area contributed by atoms with Crippen LogP contribution in [0.4, 0.5) is 5.69 Å². The highest BCUT2D eigenvalue weighted by Crippen LogP contribution is 2.32. The van der Waals surface area contributed by atoms with Gasteiger partial charge in [0.2, 0.25) is 11.8 Å². The first kappa shape index (κ1) is 19.5. The van der Waals surface area contributed by atoms with E-state index in [4.69, 9.17) is 5.73 Å². The summed E-state index contributed by atoms with van der Waals surface area (Å²) in [6, 6.07) is 16.3. The minimum atomic E-state index is -0.376. The van der Waals surface area contributed by atoms with E-state index >= 15 is 0 Å². The summed E-state index contributed by atoms with van der Waals surface area (Å²) in [6.07, 6.45) is 2.17. The average molecular weight is 384 g/mol. The fraction of sp³-hybridized carbons (Fsp3) is 0.333. The zero-order valence-electron chi connectivity index (χ0n) is 15.5. The number of nitrogens with one attached hydrogen (secondary N) is 1. The zero-order chi connectivity index (χ0) is 19.2. The lowest BCUT2D eigenvalue weighted by molar-refractivity contribution is -0.117. The molecule has 1 heterocycles. The molecule has 27 heavy (non-hydrogen) atoms. The summed E-state index contributed by atoms with van der Waals surface area (Å²) in [5, 5.41) is 2.99. The van der Waals surface area contributed by atoms with E-state index in [1.165, 1.54) is 22.9 Å². The van der Waals surface area contributed by atoms with Gasteiger partial charge in [0, 0.05) is 10.9 Å². The maximum Gasteiger partial charge on any atom is 0.238 e. The van der Waals surface area contributed by atoms with Crippen LogP contribution >= 0.6 is 11.8 Å². The number of anilines is 1. The number of hydrogen-bond donors (Lipinski definition) is 2. The Balaban J connectivity index is 1.64. The summed E-state index contributed by atoms with van der Waals surface area (Å²) < 4.78 is 0. The number of carbonyl (C=O) groups is 2. The molecule has 1 atom stereocenters. The second-order valence-electron chi connectivity index (χ2n) is 6.84. The molecule has 0 bridgehead atoms. The first-order valence-electron chi connectivity index (χ1n) is 9.13. The van der Waals surface area contributed by atoms with E-state index in [9.17, 15) is 9.59 Å². The van der Waals surface area contributed by atoms with Crippen LogP contribution in [0.3, 0.4) is 0 Å². The van der Waals surface area contributed by atoms with E-state index < -0.39 is 0 Å². The fourth-order valence-electron chi connectivity index (χ4n) is 3.49. The molecule has 0 saturated carbocycles. The zero-order valence-corrected chi connectivity index (χ0v) is 16.3. The van der Waals surface area contributed by atoms with E-state index in [1.807, 2.05) is 24.3 Å². The van der Waals surface area contributed by atoms with Crippen LogP contribution < -0.4 is 11.1 Å². The molecule has 0 aliphatic carbocycles. The minimum Gasteiger partial charge on any atom is -0.369 e. The molecule has 2 aromatic carbocycles. The number of rotatable bonds is 7. The number of likely N-dealkylation sites (tertiary alicyclic amines) is 1. The van der Waals surface area contributed by atoms with Gasteiger partial charge < -0.3 is 11.1 Å². The molecule has 6 heteroatoms. The first-order chi connectivity index (χ1) is 13.0. The molecular formula is C21H25N3O2S. The van der Waals surface area contributed by atoms with Gasteiger partial charge in [-0.1, -0.05) is 42.0 Å². The summed E-state index contributed by atoms with van der Waals surface area (Å²) >= 11 is 1.34. The quantitative estimate of drug-likeness (QED) is 0.719. The summed E-state index contributed by atoms with van der Waals surface area (Å²) in [5.41, 5.74) is 8.47. The molecule has 3 rings (SSSR count). The van der Waals surface area contributed by atoms with Gasteiger partial charge in [-0.2, -0.15) is 0 Å². The Hall–Kier alpha value is -2.31. The first-order valence-corrected chi connectivity index (χ1v) is 10.1. The monoisotopic (exact) mass is 383 g/mol. The standard InChI is InChI=1S/C21H25N3O2S/c1-15-6-4-7-16(12-15)18-9-5-11-24(18)13-21(26)23-17-8-2-3-10-19(17)27-14-20(22)25/h2-4,6-8,10,12,18H,5,9,11,13-14H2,1H3,(H2,22,25)(H,23,26). The van der Waals surface area contributed by atoms with Crippen LogP contribution in [-0.4, -0.2) is 35.6 Å². The molecule has 1 unspecified atom stereocenters. The second kappa shape index (κ2) is 9.06. The van der Waals surface area contributed by atoms with Crippen molar-refractivity contribution in [1.82, 2.24) is 4.90 Å². The molecule has 2 amide bonds. The van der Waals surface area contributed by atoms with Gasteiger partial charge in [-0.25, -0.2) is 0 Å². The Morgan fingerprint density at radius 1 is 1.22 bits per heavy atom. The number of benzene rings is 2. The highest BCUT2D eigenvalue weighted by molar-refractivity contribution is 8.00. The molecule has 2 aromatic rings. The number of nitrogens with zero attached hydrogens (tertiary/aromatic N) is 1. The molecule has 1 fully saturated rings. The Morgan fingerprint density at radius 2 is 2.04 bits per heavy atom. The number of para-hydroxylation sites is 1. The van der Waals surface area contributed by atoms with Gasteiger partial charge in [0.05, 0.1) is 18.0 Å². The van der Waals surface area contributed by atoms with Crippen LogP contribution in [0, 0.1) is 6.92 Å². The number of amides is 2. The topological polar surface area (TPSA) is 75.4 Å². The van der Waals surface area contributed by atoms with Crippen molar-refractivity contribution in [1.29, 1.82) is 0 Å². The van der Waals surface area contributed by atoms with Crippen LogP contribution in [0.5, 0.6) is 0 Å². The molecule has 0 spiro atoms. The van der Waals surface area contributed by atoms with Crippen molar-refractivity contribution in [2.75, 3.05) is 24.2 Å². The van der Waals surface area contributed by atoms with Crippen LogP contribution in [0.2, 0.25) is 0 Å². The normalized spacial score (nSPS) is 17.0. The fourth-order valence-corrected chi connectivity index (χ4v) is 4.24. The highest BCUT2D eigenvalue weighted by Gasteiger charge is 2.27. The third-order valence-electron chi connectivity index (χ3n) is 4.67. The number of primary amides is 1. The highest BCUT2D eigenvalue weighted by atomic mass is 32.2. The van der Waals surface area contributed by atoms with Gasteiger partial charge in [0.1, 0.15) is 0 Å². The van der Waals surface area contributed by atoms with Crippen molar-refractivity contribution in [3.63, 3.8) is 0 Å². The number of aryl methyl sites for hydroxylation is 1. The Bertz CT molecular complexity index is 825. The van der Waals surface area contributed by atoms with E-state index in [1.54, 1.807) is 0 Å². The second-order valence-corrected chi connectivity index (χ2v) is 7.86. The van der Waals surface area contributed by atoms with Crippen molar-refractivity contribution in [2.24, 2.45) is 5.73 Å². The van der Waals surface area contributed by atoms with Crippen LogP contribution in [0.1, 0.15) is 30.0 Å². The number of thioether (sulfide) groups is 1. The summed E-state index contributed by atoms with van der Waals surface area (Å²) in [5.74, 6) is -0.227. The number of hydrogen-bond acceptors (Lipinski definition) is 4. The van der Waals surface area contributed by atoms with Gasteiger partial charge in [-0.15, -0.1) is 11.8 Å². The van der Waals surface area contributed by atoms with Crippen molar-refractivity contribution < 1.29 is 9.59 Å². The van der Waals surface area contributed by atoms with E-state index in [-0.39, 0.29) is 23.6 Å². The maximum absolute atomic E-state index is 12.6. The molecule has 3 N–H and O–H groups in total. The number of nitrogens with two attached hydrogens (primary N) is 1. The molecule has 0 radical (unpaired) electrons. The van der Waals surface area contributed by atoms with Crippen molar-refractivity contribution in [3.8, 4) is 0 Å². The van der Waals surface area contributed by atoms with Crippen molar-refractivity contribution in [3.05, 3.63) is 59.7 Å². The molecule has 1 aliphatic rings. The molecule has 142 valence electrons. The number of carbonyl (C=O) groups excluding carboxylic acids is 2. The Labute approximate surface area is 164 Å². The lowest BCUT2D eigenvalue weighted by atomic mass is 10.0. The summed E-state index contributed by atoms with van der Waals surface area (Å²) in [6.45, 7) is 3.37. The van der Waals surface area contributed by atoms with Crippen LogP contribution in [-0.2, 0) is 9.59 Å². The van der Waals surface area contributed by atoms with Crippen LogP contribution in [0.15, 0.2) is 53.4 Å². The van der Waals surface area contributed by atoms with Gasteiger partial charge >= 0.3 is 0 Å². The van der Waals surface area contributed by atoms with Crippen molar-refractivity contribution >= 4 is 29.3 Å². The molecule has 1 saturated heterocycles. The SMILES string of the molecule is Cc1cccc(C2CCCN2CC(=O)Nc2ccccc2SCC(N)=O)c1. The van der Waals surface area contributed by atoms with Crippen molar-refractivity contribution in [2.45, 2.75) is 30.7 Å². The van der Waals surface area contributed by atoms with Crippen LogP contribution in [0.25, 0.3) is 0 Å². The third-order valence-corrected chi connectivity index (χ3v) is 5.76. The third kappa shape index (κ3) is 5.34. The minimum absolute atomic E-state index is 0.0401. The largest absolute Gasteiger partial charge is 0.369 e. The lowest BCUT2D eigenvalue weighted by Crippen LogP contribution is -2.33. The van der Waals surface area contributed by atoms with Gasteiger partial charge in [0.25, 0.3) is 0 Å². The van der Waals surface area contributed by atoms with Gasteiger partial charge in [-0.05, 0) is 44.0 Å². The predicted octanol–water partition coefficient (Wildman–Crippen LogP) is 3.35. The predicted molar refractivity (Wildman–Crippen MR) is 110 cm³/mol. The Morgan fingerprint density at radius 3 is 2.81 bits per heavy atom. The molecule has 1 aliphatic heterocycles.